The smallest absolute Gasteiger partial charge is 0.326 e. The van der Waals surface area contributed by atoms with E-state index in [1.165, 1.54) is 13.2 Å². The van der Waals surface area contributed by atoms with Crippen LogP contribution in [-0.2, 0) is 20.7 Å². The van der Waals surface area contributed by atoms with Crippen LogP contribution in [0.2, 0.25) is 0 Å². The van der Waals surface area contributed by atoms with Crippen molar-refractivity contribution >= 4 is 11.9 Å². The predicted molar refractivity (Wildman–Crippen MR) is 75.4 cm³/mol. The molecule has 0 aliphatic heterocycles. The van der Waals surface area contributed by atoms with Crippen LogP contribution in [0.15, 0.2) is 18.2 Å². The number of carbonyl (C=O) groups excluding carboxylic acids is 1. The maximum Gasteiger partial charge on any atom is 0.326 e. The van der Waals surface area contributed by atoms with Crippen molar-refractivity contribution < 1.29 is 28.2 Å². The molecule has 2 N–H and O–H groups in total. The molecule has 0 aromatic heterocycles. The fraction of sp³-hybridized carbons (Fsp3) is 0.467. The van der Waals surface area contributed by atoms with Gasteiger partial charge in [-0.05, 0) is 30.5 Å². The summed E-state index contributed by atoms with van der Waals surface area (Å²) in [4.78, 5) is 22.6. The second-order valence-electron chi connectivity index (χ2n) is 4.84. The molecule has 0 heterocycles. The van der Waals surface area contributed by atoms with Crippen LogP contribution < -0.4 is 5.32 Å². The standard InChI is InChI=1S/C15H19F2NO4/c1-22-8-7-13(15(20)21)18-14(19)4-2-3-10-5-6-11(16)12(17)9-10/h5-6,9,13H,2-4,7-8H2,1H3,(H,18,19)(H,20,21). The molecule has 122 valence electrons. The summed E-state index contributed by atoms with van der Waals surface area (Å²) in [6, 6.07) is 2.59. The van der Waals surface area contributed by atoms with E-state index in [2.05, 4.69) is 5.32 Å². The Morgan fingerprint density at radius 1 is 1.32 bits per heavy atom. The van der Waals surface area contributed by atoms with Crippen molar-refractivity contribution in [2.45, 2.75) is 31.7 Å². The zero-order chi connectivity index (χ0) is 16.5. The highest BCUT2D eigenvalue weighted by Gasteiger charge is 2.19. The molecule has 5 nitrogen and oxygen atoms in total. The van der Waals surface area contributed by atoms with Gasteiger partial charge in [0.1, 0.15) is 6.04 Å². The highest BCUT2D eigenvalue weighted by atomic mass is 19.2. The number of ether oxygens (including phenoxy) is 1. The van der Waals surface area contributed by atoms with Crippen LogP contribution in [0.1, 0.15) is 24.8 Å². The quantitative estimate of drug-likeness (QED) is 0.730. The first-order valence-electron chi connectivity index (χ1n) is 6.89. The maximum atomic E-state index is 13.0. The van der Waals surface area contributed by atoms with Crippen LogP contribution in [0.4, 0.5) is 8.78 Å². The molecule has 7 heteroatoms. The summed E-state index contributed by atoms with van der Waals surface area (Å²) in [6.07, 6.45) is 1.10. The van der Waals surface area contributed by atoms with Crippen LogP contribution in [0.3, 0.4) is 0 Å². The summed E-state index contributed by atoms with van der Waals surface area (Å²) in [6.45, 7) is 0.228. The number of amides is 1. The van der Waals surface area contributed by atoms with Crippen LogP contribution in [-0.4, -0.2) is 36.7 Å². The average molecular weight is 315 g/mol. The van der Waals surface area contributed by atoms with E-state index in [-0.39, 0.29) is 19.4 Å². The summed E-state index contributed by atoms with van der Waals surface area (Å²) >= 11 is 0. The van der Waals surface area contributed by atoms with E-state index < -0.39 is 29.6 Å². The molecular formula is C15H19F2NO4. The number of halogens is 2. The van der Waals surface area contributed by atoms with Crippen molar-refractivity contribution in [1.82, 2.24) is 5.32 Å². The van der Waals surface area contributed by atoms with Crippen LogP contribution in [0.5, 0.6) is 0 Å². The largest absolute Gasteiger partial charge is 0.480 e. The van der Waals surface area contributed by atoms with E-state index in [0.29, 0.717) is 18.4 Å². The molecule has 0 saturated heterocycles. The lowest BCUT2D eigenvalue weighted by Crippen LogP contribution is -2.41. The number of carboxylic acids is 1. The minimum absolute atomic E-state index is 0.107. The van der Waals surface area contributed by atoms with Crippen LogP contribution in [0.25, 0.3) is 0 Å². The van der Waals surface area contributed by atoms with Gasteiger partial charge in [-0.15, -0.1) is 0 Å². The number of methoxy groups -OCH3 is 1. The van der Waals surface area contributed by atoms with Gasteiger partial charge in [0.2, 0.25) is 5.91 Å². The molecule has 0 aliphatic carbocycles. The monoisotopic (exact) mass is 315 g/mol. The number of rotatable bonds is 9. The van der Waals surface area contributed by atoms with E-state index in [9.17, 15) is 18.4 Å². The number of aryl methyl sites for hydroxylation is 1. The summed E-state index contributed by atoms with van der Waals surface area (Å²) in [5, 5.41) is 11.4. The van der Waals surface area contributed by atoms with Gasteiger partial charge < -0.3 is 15.2 Å². The molecule has 1 unspecified atom stereocenters. The van der Waals surface area contributed by atoms with Gasteiger partial charge >= 0.3 is 5.97 Å². The van der Waals surface area contributed by atoms with E-state index >= 15 is 0 Å². The molecule has 0 saturated carbocycles. The third kappa shape index (κ3) is 6.17. The van der Waals surface area contributed by atoms with Crippen molar-refractivity contribution in [3.63, 3.8) is 0 Å². The second kappa shape index (κ2) is 9.09. The molecule has 1 aromatic rings. The van der Waals surface area contributed by atoms with Gasteiger partial charge in [0.25, 0.3) is 0 Å². The highest BCUT2D eigenvalue weighted by Crippen LogP contribution is 2.11. The zero-order valence-electron chi connectivity index (χ0n) is 12.3. The Labute approximate surface area is 127 Å². The molecule has 1 atom stereocenters. The predicted octanol–water partition coefficient (Wildman–Crippen LogP) is 1.89. The van der Waals surface area contributed by atoms with Crippen molar-refractivity contribution in [3.8, 4) is 0 Å². The number of carbonyl (C=O) groups is 2. The van der Waals surface area contributed by atoms with Gasteiger partial charge in [0.15, 0.2) is 11.6 Å². The Morgan fingerprint density at radius 3 is 2.64 bits per heavy atom. The summed E-state index contributed by atoms with van der Waals surface area (Å²) in [5.41, 5.74) is 0.584. The third-order valence-corrected chi connectivity index (χ3v) is 3.10. The number of carboxylic acid groups (broad SMARTS) is 1. The van der Waals surface area contributed by atoms with E-state index in [1.807, 2.05) is 0 Å². The summed E-state index contributed by atoms with van der Waals surface area (Å²) in [7, 11) is 1.45. The van der Waals surface area contributed by atoms with Gasteiger partial charge in [-0.2, -0.15) is 0 Å². The summed E-state index contributed by atoms with van der Waals surface area (Å²) in [5.74, 6) is -3.35. The topological polar surface area (TPSA) is 75.6 Å². The van der Waals surface area contributed by atoms with Crippen molar-refractivity contribution in [2.75, 3.05) is 13.7 Å². The first-order chi connectivity index (χ1) is 10.4. The SMILES string of the molecule is COCCC(NC(=O)CCCc1ccc(F)c(F)c1)C(=O)O. The van der Waals surface area contributed by atoms with Gasteiger partial charge in [-0.3, -0.25) is 4.79 Å². The average Bonchev–Trinajstić information content (AvgIpc) is 2.47. The van der Waals surface area contributed by atoms with E-state index in [4.69, 9.17) is 9.84 Å². The highest BCUT2D eigenvalue weighted by molar-refractivity contribution is 5.83. The van der Waals surface area contributed by atoms with Gasteiger partial charge in [-0.1, -0.05) is 6.07 Å². The number of hydrogen-bond donors (Lipinski definition) is 2. The molecule has 1 amide bonds. The minimum Gasteiger partial charge on any atom is -0.480 e. The number of hydrogen-bond acceptors (Lipinski definition) is 3. The molecule has 0 bridgehead atoms. The molecule has 1 rings (SSSR count). The second-order valence-corrected chi connectivity index (χ2v) is 4.84. The van der Waals surface area contributed by atoms with Crippen molar-refractivity contribution in [1.29, 1.82) is 0 Å². The molecular weight excluding hydrogens is 296 g/mol. The normalized spacial score (nSPS) is 12.0. The Bertz CT molecular complexity index is 522. The number of aliphatic carboxylic acids is 1. The van der Waals surface area contributed by atoms with Crippen LogP contribution >= 0.6 is 0 Å². The Balaban J connectivity index is 2.38. The molecule has 0 fully saturated rings. The minimum atomic E-state index is -1.12. The van der Waals surface area contributed by atoms with Crippen molar-refractivity contribution in [2.24, 2.45) is 0 Å². The zero-order valence-corrected chi connectivity index (χ0v) is 12.3. The summed E-state index contributed by atoms with van der Waals surface area (Å²) < 4.78 is 30.6. The van der Waals surface area contributed by atoms with E-state index in [0.717, 1.165) is 12.1 Å². The Hall–Kier alpha value is -2.02. The maximum absolute atomic E-state index is 13.0. The van der Waals surface area contributed by atoms with Crippen LogP contribution in [0, 0.1) is 11.6 Å². The lowest BCUT2D eigenvalue weighted by Gasteiger charge is -2.13. The first-order valence-corrected chi connectivity index (χ1v) is 6.89. The van der Waals surface area contributed by atoms with Gasteiger partial charge in [-0.25, -0.2) is 13.6 Å². The van der Waals surface area contributed by atoms with Gasteiger partial charge in [0.05, 0.1) is 0 Å². The number of benzene rings is 1. The Kier molecular flexibility index (Phi) is 7.45. The molecule has 22 heavy (non-hydrogen) atoms. The third-order valence-electron chi connectivity index (χ3n) is 3.10. The number of nitrogens with one attached hydrogen (secondary N) is 1. The van der Waals surface area contributed by atoms with E-state index in [1.54, 1.807) is 0 Å². The molecule has 1 aromatic carbocycles. The van der Waals surface area contributed by atoms with Crippen molar-refractivity contribution in [3.05, 3.63) is 35.4 Å². The molecule has 0 radical (unpaired) electrons. The fourth-order valence-corrected chi connectivity index (χ4v) is 1.91. The fourth-order valence-electron chi connectivity index (χ4n) is 1.91. The van der Waals surface area contributed by atoms with Gasteiger partial charge in [0, 0.05) is 26.6 Å². The lowest BCUT2D eigenvalue weighted by molar-refractivity contribution is -0.142. The molecule has 0 spiro atoms. The lowest BCUT2D eigenvalue weighted by atomic mass is 10.1. The first kappa shape index (κ1) is 18.0. The Morgan fingerprint density at radius 2 is 2.05 bits per heavy atom. The molecule has 0 aliphatic rings.